The third kappa shape index (κ3) is 3.89. The Morgan fingerprint density at radius 1 is 1.40 bits per heavy atom. The smallest absolute Gasteiger partial charge is 0.327 e. The molecule has 0 aromatic heterocycles. The summed E-state index contributed by atoms with van der Waals surface area (Å²) in [6.45, 7) is 0.463. The van der Waals surface area contributed by atoms with Crippen molar-refractivity contribution >= 4 is 35.4 Å². The Labute approximate surface area is 124 Å². The van der Waals surface area contributed by atoms with Crippen molar-refractivity contribution in [2.24, 2.45) is 0 Å². The highest BCUT2D eigenvalue weighted by Gasteiger charge is 2.31. The summed E-state index contributed by atoms with van der Waals surface area (Å²) >= 11 is 2.83. The van der Waals surface area contributed by atoms with Crippen LogP contribution in [0.3, 0.4) is 0 Å². The fourth-order valence-electron chi connectivity index (χ4n) is 1.87. The molecule has 4 nitrogen and oxygen atoms in total. The van der Waals surface area contributed by atoms with Crippen molar-refractivity contribution in [1.82, 2.24) is 4.90 Å². The molecule has 1 saturated heterocycles. The molecule has 0 spiro atoms. The van der Waals surface area contributed by atoms with Gasteiger partial charge < -0.3 is 10.0 Å². The molecule has 1 unspecified atom stereocenters. The zero-order valence-electron chi connectivity index (χ0n) is 10.6. The quantitative estimate of drug-likeness (QED) is 0.861. The first-order chi connectivity index (χ1) is 9.58. The van der Waals surface area contributed by atoms with Crippen LogP contribution in [-0.4, -0.2) is 51.7 Å². The van der Waals surface area contributed by atoms with Crippen LogP contribution < -0.4 is 0 Å². The van der Waals surface area contributed by atoms with E-state index in [1.54, 1.807) is 23.9 Å². The van der Waals surface area contributed by atoms with Crippen molar-refractivity contribution in [3.8, 4) is 0 Å². The fraction of sp³-hybridized carbons (Fsp3) is 0.385. The number of halogens is 1. The van der Waals surface area contributed by atoms with E-state index in [9.17, 15) is 14.0 Å². The Hall–Kier alpha value is -1.21. The van der Waals surface area contributed by atoms with Crippen molar-refractivity contribution in [3.63, 3.8) is 0 Å². The Morgan fingerprint density at radius 3 is 2.75 bits per heavy atom. The van der Waals surface area contributed by atoms with E-state index in [0.29, 0.717) is 12.3 Å². The van der Waals surface area contributed by atoms with Gasteiger partial charge in [0.1, 0.15) is 11.9 Å². The van der Waals surface area contributed by atoms with Crippen LogP contribution in [0.4, 0.5) is 4.39 Å². The van der Waals surface area contributed by atoms with Crippen molar-refractivity contribution < 1.29 is 19.1 Å². The number of aliphatic carboxylic acids is 1. The van der Waals surface area contributed by atoms with E-state index >= 15 is 0 Å². The number of amides is 1. The van der Waals surface area contributed by atoms with Gasteiger partial charge in [-0.2, -0.15) is 11.8 Å². The number of benzene rings is 1. The van der Waals surface area contributed by atoms with E-state index in [4.69, 9.17) is 5.11 Å². The van der Waals surface area contributed by atoms with Crippen LogP contribution in [0.25, 0.3) is 0 Å². The summed E-state index contributed by atoms with van der Waals surface area (Å²) in [5, 5.41) is 9.12. The predicted octanol–water partition coefficient (Wildman–Crippen LogP) is 1.95. The van der Waals surface area contributed by atoms with Gasteiger partial charge in [-0.05, 0) is 24.3 Å². The van der Waals surface area contributed by atoms with E-state index in [1.807, 2.05) is 0 Å². The highest BCUT2D eigenvalue weighted by Crippen LogP contribution is 2.22. The van der Waals surface area contributed by atoms with Crippen LogP contribution in [-0.2, 0) is 9.59 Å². The predicted molar refractivity (Wildman–Crippen MR) is 77.6 cm³/mol. The maximum Gasteiger partial charge on any atom is 0.327 e. The standard InChI is InChI=1S/C13H14FNO3S2/c14-9-1-3-10(4-2-9)20-8-12(16)15-5-6-19-7-11(15)13(17)18/h1-4,11H,5-8H2,(H,17,18). The lowest BCUT2D eigenvalue weighted by Crippen LogP contribution is -2.50. The molecule has 1 N–H and O–H groups in total. The van der Waals surface area contributed by atoms with Gasteiger partial charge >= 0.3 is 5.97 Å². The molecule has 1 aromatic carbocycles. The minimum Gasteiger partial charge on any atom is -0.480 e. The topological polar surface area (TPSA) is 57.6 Å². The number of hydrogen-bond donors (Lipinski definition) is 1. The second kappa shape index (κ2) is 6.99. The fourth-order valence-corrected chi connectivity index (χ4v) is 3.69. The molecule has 0 saturated carbocycles. The minimum atomic E-state index is -0.961. The Morgan fingerprint density at radius 2 is 2.10 bits per heavy atom. The molecular weight excluding hydrogens is 301 g/mol. The average molecular weight is 315 g/mol. The van der Waals surface area contributed by atoms with E-state index in [1.165, 1.54) is 28.8 Å². The molecule has 1 heterocycles. The Kier molecular flexibility index (Phi) is 5.31. The van der Waals surface area contributed by atoms with Gasteiger partial charge in [-0.15, -0.1) is 11.8 Å². The summed E-state index contributed by atoms with van der Waals surface area (Å²) in [6.07, 6.45) is 0. The molecule has 0 bridgehead atoms. The zero-order valence-corrected chi connectivity index (χ0v) is 12.3. The average Bonchev–Trinajstić information content (AvgIpc) is 2.46. The van der Waals surface area contributed by atoms with Crippen molar-refractivity contribution in [2.75, 3.05) is 23.8 Å². The maximum atomic E-state index is 12.8. The van der Waals surface area contributed by atoms with Crippen LogP contribution in [0.5, 0.6) is 0 Å². The van der Waals surface area contributed by atoms with Crippen molar-refractivity contribution in [2.45, 2.75) is 10.9 Å². The number of nitrogens with zero attached hydrogens (tertiary/aromatic N) is 1. The van der Waals surface area contributed by atoms with Crippen LogP contribution in [0.1, 0.15) is 0 Å². The van der Waals surface area contributed by atoms with Gasteiger partial charge in [0, 0.05) is 22.9 Å². The van der Waals surface area contributed by atoms with Crippen LogP contribution >= 0.6 is 23.5 Å². The summed E-state index contributed by atoms with van der Waals surface area (Å²) in [5.74, 6) is -0.108. The van der Waals surface area contributed by atoms with Gasteiger partial charge in [-0.25, -0.2) is 9.18 Å². The molecular formula is C13H14FNO3S2. The normalized spacial score (nSPS) is 18.9. The molecule has 1 fully saturated rings. The van der Waals surface area contributed by atoms with Gasteiger partial charge in [-0.1, -0.05) is 0 Å². The highest BCUT2D eigenvalue weighted by molar-refractivity contribution is 8.00. The Balaban J connectivity index is 1.93. The molecule has 20 heavy (non-hydrogen) atoms. The van der Waals surface area contributed by atoms with E-state index in [0.717, 1.165) is 10.6 Å². The molecule has 1 aromatic rings. The molecule has 1 atom stereocenters. The number of carbonyl (C=O) groups excluding carboxylic acids is 1. The van der Waals surface area contributed by atoms with Gasteiger partial charge in [0.2, 0.25) is 5.91 Å². The summed E-state index contributed by atoms with van der Waals surface area (Å²) < 4.78 is 12.8. The number of carboxylic acid groups (broad SMARTS) is 1. The lowest BCUT2D eigenvalue weighted by molar-refractivity contribution is -0.148. The SMILES string of the molecule is O=C(O)C1CSCCN1C(=O)CSc1ccc(F)cc1. The molecule has 0 aliphatic carbocycles. The third-order valence-electron chi connectivity index (χ3n) is 2.91. The van der Waals surface area contributed by atoms with Gasteiger partial charge in [0.25, 0.3) is 0 Å². The number of thioether (sulfide) groups is 2. The largest absolute Gasteiger partial charge is 0.480 e. The number of hydrogen-bond acceptors (Lipinski definition) is 4. The van der Waals surface area contributed by atoms with Crippen molar-refractivity contribution in [1.29, 1.82) is 0 Å². The second-order valence-corrected chi connectivity index (χ2v) is 6.46. The summed E-state index contributed by atoms with van der Waals surface area (Å²) in [7, 11) is 0. The number of rotatable bonds is 4. The molecule has 1 amide bonds. The highest BCUT2D eigenvalue weighted by atomic mass is 32.2. The summed E-state index contributed by atoms with van der Waals surface area (Å²) in [5.41, 5.74) is 0. The Bertz CT molecular complexity index is 495. The zero-order chi connectivity index (χ0) is 14.5. The second-order valence-electron chi connectivity index (χ2n) is 4.26. The van der Waals surface area contributed by atoms with Gasteiger partial charge in [0.05, 0.1) is 5.75 Å². The van der Waals surface area contributed by atoms with Gasteiger partial charge in [0.15, 0.2) is 0 Å². The first-order valence-corrected chi connectivity index (χ1v) is 8.20. The number of carboxylic acids is 1. The minimum absolute atomic E-state index is 0.167. The van der Waals surface area contributed by atoms with Crippen LogP contribution in [0.15, 0.2) is 29.2 Å². The molecule has 7 heteroatoms. The third-order valence-corrected chi connectivity index (χ3v) is 4.93. The summed E-state index contributed by atoms with van der Waals surface area (Å²) in [6, 6.07) is 5.15. The monoisotopic (exact) mass is 315 g/mol. The van der Waals surface area contributed by atoms with Crippen LogP contribution in [0.2, 0.25) is 0 Å². The summed E-state index contributed by atoms with van der Waals surface area (Å²) in [4.78, 5) is 25.5. The molecule has 108 valence electrons. The number of carbonyl (C=O) groups is 2. The van der Waals surface area contributed by atoms with Crippen LogP contribution in [0, 0.1) is 5.82 Å². The van der Waals surface area contributed by atoms with Gasteiger partial charge in [-0.3, -0.25) is 4.79 Å². The van der Waals surface area contributed by atoms with Crippen molar-refractivity contribution in [3.05, 3.63) is 30.1 Å². The molecule has 0 radical (unpaired) electrons. The lowest BCUT2D eigenvalue weighted by Gasteiger charge is -2.32. The lowest BCUT2D eigenvalue weighted by atomic mass is 10.2. The first kappa shape index (κ1) is 15.2. The van der Waals surface area contributed by atoms with E-state index < -0.39 is 12.0 Å². The molecule has 1 aliphatic heterocycles. The molecule has 2 rings (SSSR count). The first-order valence-electron chi connectivity index (χ1n) is 6.06. The maximum absolute atomic E-state index is 12.8. The molecule has 1 aliphatic rings. The van der Waals surface area contributed by atoms with E-state index in [-0.39, 0.29) is 17.5 Å². The van der Waals surface area contributed by atoms with E-state index in [2.05, 4.69) is 0 Å².